The van der Waals surface area contributed by atoms with Crippen LogP contribution in [0.3, 0.4) is 0 Å². The van der Waals surface area contributed by atoms with Gasteiger partial charge < -0.3 is 38.1 Å². The Morgan fingerprint density at radius 1 is 0.683 bits per heavy atom. The van der Waals surface area contributed by atoms with Gasteiger partial charge in [0.05, 0.1) is 24.8 Å². The monoisotopic (exact) mass is 813 g/mol. The number of H-pyrrole nitrogens is 1. The highest BCUT2D eigenvalue weighted by Gasteiger charge is 2.32. The van der Waals surface area contributed by atoms with E-state index in [4.69, 9.17) is 17.2 Å². The molecule has 0 radical (unpaired) electrons. The van der Waals surface area contributed by atoms with Crippen LogP contribution in [0.4, 0.5) is 0 Å². The second-order valence-electron chi connectivity index (χ2n) is 14.7. The fourth-order valence-electron chi connectivity index (χ4n) is 6.89. The number of aliphatic imine (C=N–C) groups is 1. The molecule has 0 bridgehead atoms. The van der Waals surface area contributed by atoms with Crippen LogP contribution >= 0.6 is 0 Å². The number of amides is 4. The molecule has 0 fully saturated rings. The van der Waals surface area contributed by atoms with Crippen LogP contribution in [0.5, 0.6) is 0 Å². The van der Waals surface area contributed by atoms with Crippen LogP contribution in [0.2, 0.25) is 0 Å². The van der Waals surface area contributed by atoms with E-state index < -0.39 is 59.1 Å². The number of aromatic amines is 1. The van der Waals surface area contributed by atoms with Crippen LogP contribution in [0.25, 0.3) is 10.8 Å². The molecule has 0 saturated heterocycles. The Kier molecular flexibility index (Phi) is 16.2. The molecule has 0 saturated carbocycles. The van der Waals surface area contributed by atoms with E-state index >= 15 is 0 Å². The number of nitrogens with zero attached hydrogens (tertiary/aromatic N) is 2. The van der Waals surface area contributed by atoms with E-state index in [2.05, 4.69) is 30.9 Å². The van der Waals surface area contributed by atoms with E-state index in [-0.39, 0.29) is 57.6 Å². The maximum absolute atomic E-state index is 14.4. The Morgan fingerprint density at radius 2 is 1.33 bits per heavy atom. The zero-order valence-corrected chi connectivity index (χ0v) is 33.2. The van der Waals surface area contributed by atoms with E-state index in [0.29, 0.717) is 17.7 Å². The molecular weight excluding hydrogens is 763 g/mol. The van der Waals surface area contributed by atoms with Gasteiger partial charge in [-0.2, -0.15) is 0 Å². The summed E-state index contributed by atoms with van der Waals surface area (Å²) in [7, 11) is 0. The Hall–Kier alpha value is -7.16. The van der Waals surface area contributed by atoms with Crippen molar-refractivity contribution in [2.24, 2.45) is 34.0 Å². The highest BCUT2D eigenvalue weighted by molar-refractivity contribution is 5.98. The maximum Gasteiger partial charge on any atom is 0.251 e. The molecule has 5 aromatic rings. The van der Waals surface area contributed by atoms with Gasteiger partial charge in [0.25, 0.3) is 5.91 Å². The number of fused-ring (bicyclic) bond motifs is 1. The third-order valence-electron chi connectivity index (χ3n) is 10.1. The van der Waals surface area contributed by atoms with E-state index in [1.807, 2.05) is 72.8 Å². The molecule has 60 heavy (non-hydrogen) atoms. The number of hydrogen-bond donors (Lipinski definition) is 7. The molecule has 4 aromatic carbocycles. The van der Waals surface area contributed by atoms with E-state index in [0.717, 1.165) is 21.9 Å². The highest BCUT2D eigenvalue weighted by atomic mass is 16.2. The van der Waals surface area contributed by atoms with Crippen molar-refractivity contribution in [1.82, 2.24) is 25.9 Å². The van der Waals surface area contributed by atoms with Gasteiger partial charge in [-0.1, -0.05) is 91.0 Å². The number of carbonyl (C=O) groups is 6. The van der Waals surface area contributed by atoms with Gasteiger partial charge in [0.15, 0.2) is 17.5 Å². The van der Waals surface area contributed by atoms with Gasteiger partial charge in [-0.3, -0.25) is 33.8 Å². The van der Waals surface area contributed by atoms with E-state index in [9.17, 15) is 28.8 Å². The third-order valence-corrected chi connectivity index (χ3v) is 10.1. The summed E-state index contributed by atoms with van der Waals surface area (Å²) in [6, 6.07) is 28.8. The van der Waals surface area contributed by atoms with Crippen LogP contribution in [0, 0.1) is 11.8 Å². The standard InChI is InChI=1S/C45H51N9O6/c46-41(57)39(22-30-17-18-31-12-7-8-15-33(31)20-30)54-43(59)34(16-9-19-50-45(47)48)25-40(56)38(21-29-10-3-1-4-11-29)53-44(60)35(23-36-26-49-28-52-36)24-37(55)27-51-42(58)32-13-5-2-6-14-32/h1-8,10-15,17-18,20,26,28,34-35,38-39H,9,16,19,21-25,27H2,(H2,46,57)(H,49,52)(H,51,58)(H,53,60)(H,54,59)(H4,47,48,50)/t34-,35-,38-,39-/m1/s1. The van der Waals surface area contributed by atoms with Gasteiger partial charge in [-0.15, -0.1) is 0 Å². The molecule has 4 amide bonds. The van der Waals surface area contributed by atoms with Crippen LogP contribution in [-0.4, -0.2) is 76.3 Å². The molecule has 4 atom stereocenters. The van der Waals surface area contributed by atoms with Crippen molar-refractivity contribution in [3.8, 4) is 0 Å². The number of aromatic nitrogens is 2. The highest BCUT2D eigenvalue weighted by Crippen LogP contribution is 2.20. The molecule has 1 heterocycles. The lowest BCUT2D eigenvalue weighted by Crippen LogP contribution is -2.50. The lowest BCUT2D eigenvalue weighted by molar-refractivity contribution is -0.134. The van der Waals surface area contributed by atoms with Crippen molar-refractivity contribution in [3.05, 3.63) is 138 Å². The second-order valence-corrected chi connectivity index (χ2v) is 14.7. The first-order valence-corrected chi connectivity index (χ1v) is 19.8. The number of imidazole rings is 1. The van der Waals surface area contributed by atoms with Crippen LogP contribution in [-0.2, 0) is 43.2 Å². The topological polar surface area (TPSA) is 258 Å². The molecule has 1 aromatic heterocycles. The van der Waals surface area contributed by atoms with Gasteiger partial charge in [0.1, 0.15) is 6.04 Å². The number of guanidine groups is 1. The lowest BCUT2D eigenvalue weighted by Gasteiger charge is -2.25. The van der Waals surface area contributed by atoms with Gasteiger partial charge in [0, 0.05) is 55.6 Å². The summed E-state index contributed by atoms with van der Waals surface area (Å²) in [4.78, 5) is 92.1. The second kappa shape index (κ2) is 22.1. The molecule has 0 aliphatic heterocycles. The zero-order valence-electron chi connectivity index (χ0n) is 33.2. The summed E-state index contributed by atoms with van der Waals surface area (Å²) >= 11 is 0. The number of Topliss-reactive ketones (excluding diaryl/α,β-unsaturated/α-hetero) is 2. The Bertz CT molecular complexity index is 2260. The fourth-order valence-corrected chi connectivity index (χ4v) is 6.89. The van der Waals surface area contributed by atoms with Crippen LogP contribution in [0.15, 0.2) is 121 Å². The number of nitrogens with one attached hydrogen (secondary N) is 4. The molecule has 0 aliphatic rings. The molecule has 0 unspecified atom stereocenters. The number of nitrogens with two attached hydrogens (primary N) is 3. The molecule has 0 aliphatic carbocycles. The molecule has 0 spiro atoms. The van der Waals surface area contributed by atoms with Crippen molar-refractivity contribution in [2.45, 2.75) is 57.0 Å². The minimum Gasteiger partial charge on any atom is -0.370 e. The van der Waals surface area contributed by atoms with Crippen LogP contribution < -0.4 is 33.2 Å². The molecule has 5 rings (SSSR count). The number of ketones is 2. The Labute approximate surface area is 348 Å². The van der Waals surface area contributed by atoms with Crippen molar-refractivity contribution >= 4 is 51.9 Å². The number of carbonyl (C=O) groups excluding carboxylic acids is 6. The predicted octanol–water partition coefficient (Wildman–Crippen LogP) is 2.68. The lowest BCUT2D eigenvalue weighted by atomic mass is 9.89. The molecule has 10 N–H and O–H groups in total. The summed E-state index contributed by atoms with van der Waals surface area (Å²) in [6.45, 7) is -0.118. The quantitative estimate of drug-likeness (QED) is 0.0290. The average molecular weight is 814 g/mol. The summed E-state index contributed by atoms with van der Waals surface area (Å²) in [5.41, 5.74) is 19.4. The van der Waals surface area contributed by atoms with Gasteiger partial charge in [0.2, 0.25) is 17.7 Å². The minimum atomic E-state index is -1.10. The first-order chi connectivity index (χ1) is 28.9. The molecule has 15 nitrogen and oxygen atoms in total. The summed E-state index contributed by atoms with van der Waals surface area (Å²) in [5, 5.41) is 10.3. The van der Waals surface area contributed by atoms with Gasteiger partial charge in [-0.25, -0.2) is 4.98 Å². The van der Waals surface area contributed by atoms with Crippen molar-refractivity contribution in [1.29, 1.82) is 0 Å². The van der Waals surface area contributed by atoms with Crippen molar-refractivity contribution in [2.75, 3.05) is 13.1 Å². The predicted molar refractivity (Wildman–Crippen MR) is 228 cm³/mol. The third kappa shape index (κ3) is 13.7. The van der Waals surface area contributed by atoms with Crippen molar-refractivity contribution < 1.29 is 28.8 Å². The molecule has 312 valence electrons. The van der Waals surface area contributed by atoms with Gasteiger partial charge in [-0.05, 0) is 53.3 Å². The maximum atomic E-state index is 14.4. The summed E-state index contributed by atoms with van der Waals surface area (Å²) in [5.74, 6) is -5.16. The Morgan fingerprint density at radius 3 is 2.02 bits per heavy atom. The zero-order chi connectivity index (χ0) is 42.9. The molecule has 15 heteroatoms. The first-order valence-electron chi connectivity index (χ1n) is 19.8. The Balaban J connectivity index is 1.33. The normalized spacial score (nSPS) is 12.9. The number of primary amides is 1. The SMILES string of the molecule is NC(=O)[C@@H](Cc1ccc2ccccc2c1)NC(=O)[C@H](CCCN=C(N)N)CC(=O)[C@@H](Cc1ccccc1)NC(=O)[C@@H](CC(=O)CNC(=O)c1ccccc1)Cc1cnc[nH]1. The number of hydrogen-bond acceptors (Lipinski definition) is 8. The average Bonchev–Trinajstić information content (AvgIpc) is 3.76. The van der Waals surface area contributed by atoms with E-state index in [1.54, 1.807) is 36.5 Å². The largest absolute Gasteiger partial charge is 0.370 e. The number of rotatable bonds is 23. The summed E-state index contributed by atoms with van der Waals surface area (Å²) < 4.78 is 0. The minimum absolute atomic E-state index is 0.0947. The van der Waals surface area contributed by atoms with Crippen LogP contribution in [0.1, 0.15) is 52.9 Å². The number of benzene rings is 4. The smallest absolute Gasteiger partial charge is 0.251 e. The van der Waals surface area contributed by atoms with Crippen molar-refractivity contribution in [3.63, 3.8) is 0 Å². The summed E-state index contributed by atoms with van der Waals surface area (Å²) in [6.07, 6.45) is 3.27. The van der Waals surface area contributed by atoms with E-state index in [1.165, 1.54) is 6.33 Å². The first kappa shape index (κ1) is 44.0. The molecular formula is C45H51N9O6. The van der Waals surface area contributed by atoms with Gasteiger partial charge >= 0.3 is 0 Å². The fraction of sp³-hybridized carbons (Fsp3) is 0.289.